The molecule has 0 aliphatic carbocycles. The number of hydrogen-bond acceptors (Lipinski definition) is 5. The molecule has 7 nitrogen and oxygen atoms in total. The maximum Gasteiger partial charge on any atom is 0.410 e. The smallest absolute Gasteiger partial charge is 0.410 e. The number of amides is 2. The van der Waals surface area contributed by atoms with E-state index in [0.717, 1.165) is 23.4 Å². The Kier molecular flexibility index (Phi) is 6.85. The van der Waals surface area contributed by atoms with Crippen molar-refractivity contribution in [1.82, 2.24) is 20.0 Å². The monoisotopic (exact) mass is 432 g/mol. The second-order valence-electron chi connectivity index (χ2n) is 9.13. The lowest BCUT2D eigenvalue weighted by molar-refractivity contribution is 0.0123. The summed E-state index contributed by atoms with van der Waals surface area (Å²) in [5.41, 5.74) is 0.767. The van der Waals surface area contributed by atoms with Gasteiger partial charge in [-0.2, -0.15) is 5.10 Å². The summed E-state index contributed by atoms with van der Waals surface area (Å²) >= 11 is 1.61. The summed E-state index contributed by atoms with van der Waals surface area (Å²) in [6, 6.07) is 5.83. The number of piperidine rings is 1. The number of aromatic nitrogens is 2. The highest BCUT2D eigenvalue weighted by Crippen LogP contribution is 2.25. The van der Waals surface area contributed by atoms with Gasteiger partial charge in [0, 0.05) is 25.7 Å². The van der Waals surface area contributed by atoms with Gasteiger partial charge in [0.25, 0.3) is 5.91 Å². The quantitative estimate of drug-likeness (QED) is 0.747. The van der Waals surface area contributed by atoms with E-state index in [9.17, 15) is 9.59 Å². The fourth-order valence-corrected chi connectivity index (χ4v) is 4.34. The van der Waals surface area contributed by atoms with E-state index in [-0.39, 0.29) is 24.0 Å². The fourth-order valence-electron chi connectivity index (χ4n) is 3.64. The number of rotatable bonds is 5. The van der Waals surface area contributed by atoms with Crippen molar-refractivity contribution in [2.24, 2.45) is 5.92 Å². The Morgan fingerprint density at radius 2 is 2.17 bits per heavy atom. The highest BCUT2D eigenvalue weighted by molar-refractivity contribution is 7.13. The van der Waals surface area contributed by atoms with Gasteiger partial charge < -0.3 is 14.5 Å². The van der Waals surface area contributed by atoms with E-state index in [2.05, 4.69) is 10.2 Å². The van der Waals surface area contributed by atoms with Gasteiger partial charge in [0.05, 0.1) is 10.6 Å². The van der Waals surface area contributed by atoms with Crippen LogP contribution in [0.4, 0.5) is 4.79 Å². The number of nitrogens with one attached hydrogen (secondary N) is 1. The molecule has 1 aliphatic rings. The molecule has 8 heteroatoms. The number of thiophene rings is 1. The molecule has 1 unspecified atom stereocenters. The number of ether oxygens (including phenoxy) is 1. The van der Waals surface area contributed by atoms with Gasteiger partial charge in [0.1, 0.15) is 5.60 Å². The molecule has 30 heavy (non-hydrogen) atoms. The predicted octanol–water partition coefficient (Wildman–Crippen LogP) is 4.64. The lowest BCUT2D eigenvalue weighted by Crippen LogP contribution is -2.48. The molecule has 164 valence electrons. The van der Waals surface area contributed by atoms with Crippen LogP contribution in [-0.2, 0) is 4.74 Å². The summed E-state index contributed by atoms with van der Waals surface area (Å²) in [7, 11) is 0. The van der Waals surface area contributed by atoms with Crippen LogP contribution in [-0.4, -0.2) is 63.3 Å². The normalized spacial score (nSPS) is 17.3. The average molecular weight is 433 g/mol. The molecule has 0 saturated carbocycles. The summed E-state index contributed by atoms with van der Waals surface area (Å²) in [5, 5.41) is 9.20. The van der Waals surface area contributed by atoms with Crippen molar-refractivity contribution in [3.05, 3.63) is 29.3 Å². The summed E-state index contributed by atoms with van der Waals surface area (Å²) in [6.07, 6.45) is 1.60. The van der Waals surface area contributed by atoms with Crippen LogP contribution >= 0.6 is 11.3 Å². The lowest BCUT2D eigenvalue weighted by atomic mass is 9.96. The van der Waals surface area contributed by atoms with E-state index in [1.54, 1.807) is 16.2 Å². The van der Waals surface area contributed by atoms with E-state index >= 15 is 0 Å². The minimum absolute atomic E-state index is 0.0330. The Bertz CT molecular complexity index is 854. The van der Waals surface area contributed by atoms with Crippen LogP contribution in [0.1, 0.15) is 57.9 Å². The maximum atomic E-state index is 13.0. The first-order valence-electron chi connectivity index (χ1n) is 10.5. The van der Waals surface area contributed by atoms with Crippen molar-refractivity contribution in [3.63, 3.8) is 0 Å². The van der Waals surface area contributed by atoms with Crippen molar-refractivity contribution in [2.45, 2.75) is 59.1 Å². The molecule has 0 radical (unpaired) electrons. The van der Waals surface area contributed by atoms with Gasteiger partial charge in [-0.25, -0.2) is 4.79 Å². The van der Waals surface area contributed by atoms with E-state index in [0.29, 0.717) is 25.3 Å². The van der Waals surface area contributed by atoms with Crippen LogP contribution < -0.4 is 0 Å². The fraction of sp³-hybridized carbons (Fsp3) is 0.591. The molecule has 1 aliphatic heterocycles. The van der Waals surface area contributed by atoms with Crippen LogP contribution in [0.15, 0.2) is 23.6 Å². The first kappa shape index (κ1) is 22.3. The molecular formula is C22H32N4O3S. The van der Waals surface area contributed by atoms with Crippen molar-refractivity contribution >= 4 is 23.3 Å². The molecule has 1 saturated heterocycles. The van der Waals surface area contributed by atoms with Gasteiger partial charge >= 0.3 is 6.09 Å². The van der Waals surface area contributed by atoms with Crippen LogP contribution in [0.5, 0.6) is 0 Å². The van der Waals surface area contributed by atoms with Gasteiger partial charge in [0.15, 0.2) is 5.69 Å². The molecule has 1 atom stereocenters. The third-order valence-electron chi connectivity index (χ3n) is 5.10. The number of aromatic amines is 1. The van der Waals surface area contributed by atoms with Crippen LogP contribution in [0, 0.1) is 5.92 Å². The molecule has 2 aromatic heterocycles. The van der Waals surface area contributed by atoms with E-state index in [1.165, 1.54) is 0 Å². The Labute approximate surface area is 182 Å². The third-order valence-corrected chi connectivity index (χ3v) is 6.00. The molecule has 3 rings (SSSR count). The van der Waals surface area contributed by atoms with Gasteiger partial charge in [-0.1, -0.05) is 6.07 Å². The van der Waals surface area contributed by atoms with Gasteiger partial charge in [-0.3, -0.25) is 9.89 Å². The van der Waals surface area contributed by atoms with Crippen LogP contribution in [0.25, 0.3) is 10.6 Å². The summed E-state index contributed by atoms with van der Waals surface area (Å²) in [4.78, 5) is 30.3. The summed E-state index contributed by atoms with van der Waals surface area (Å²) in [5.74, 6) is 0.153. The molecule has 1 N–H and O–H groups in total. The zero-order valence-electron chi connectivity index (χ0n) is 18.5. The van der Waals surface area contributed by atoms with Crippen molar-refractivity contribution in [1.29, 1.82) is 0 Å². The van der Waals surface area contributed by atoms with Crippen molar-refractivity contribution < 1.29 is 14.3 Å². The SMILES string of the molecule is CC(C)N(CC1CCCN(C(=O)c2cc(-c3cccs3)[nH]n2)C1)C(=O)OC(C)(C)C. The number of carbonyl (C=O) groups excluding carboxylic acids is 2. The Hall–Kier alpha value is -2.35. The number of H-pyrrole nitrogens is 1. The molecule has 2 amide bonds. The molecule has 2 aromatic rings. The van der Waals surface area contributed by atoms with Crippen molar-refractivity contribution in [2.75, 3.05) is 19.6 Å². The van der Waals surface area contributed by atoms with Gasteiger partial charge in [-0.05, 0) is 70.9 Å². The number of hydrogen-bond donors (Lipinski definition) is 1. The zero-order chi connectivity index (χ0) is 21.9. The minimum Gasteiger partial charge on any atom is -0.444 e. The highest BCUT2D eigenvalue weighted by Gasteiger charge is 2.31. The standard InChI is InChI=1S/C22H32N4O3S/c1-15(2)26(21(28)29-22(3,4)5)14-16-8-6-10-25(13-16)20(27)18-12-17(23-24-18)19-9-7-11-30-19/h7,9,11-12,15-16H,6,8,10,13-14H2,1-5H3,(H,23,24). The van der Waals surface area contributed by atoms with Crippen LogP contribution in [0.3, 0.4) is 0 Å². The molecule has 0 bridgehead atoms. The number of likely N-dealkylation sites (tertiary alicyclic amines) is 1. The minimum atomic E-state index is -0.529. The topological polar surface area (TPSA) is 78.5 Å². The second kappa shape index (κ2) is 9.20. The van der Waals surface area contributed by atoms with E-state index in [4.69, 9.17) is 4.74 Å². The number of nitrogens with zero attached hydrogens (tertiary/aromatic N) is 3. The molecule has 0 aromatic carbocycles. The molecule has 1 fully saturated rings. The lowest BCUT2D eigenvalue weighted by Gasteiger charge is -2.37. The molecule has 0 spiro atoms. The maximum absolute atomic E-state index is 13.0. The predicted molar refractivity (Wildman–Crippen MR) is 119 cm³/mol. The molecular weight excluding hydrogens is 400 g/mol. The Balaban J connectivity index is 1.64. The Morgan fingerprint density at radius 1 is 1.40 bits per heavy atom. The van der Waals surface area contributed by atoms with Crippen molar-refractivity contribution in [3.8, 4) is 10.6 Å². The zero-order valence-corrected chi connectivity index (χ0v) is 19.3. The van der Waals surface area contributed by atoms with Gasteiger partial charge in [-0.15, -0.1) is 11.3 Å². The molecule has 3 heterocycles. The summed E-state index contributed by atoms with van der Waals surface area (Å²) in [6.45, 7) is 11.5. The second-order valence-corrected chi connectivity index (χ2v) is 10.1. The van der Waals surface area contributed by atoms with Crippen LogP contribution in [0.2, 0.25) is 0 Å². The first-order chi connectivity index (χ1) is 14.1. The third kappa shape index (κ3) is 5.62. The van der Waals surface area contributed by atoms with E-state index in [1.807, 2.05) is 63.1 Å². The first-order valence-corrected chi connectivity index (χ1v) is 11.4. The van der Waals surface area contributed by atoms with Gasteiger partial charge in [0.2, 0.25) is 0 Å². The highest BCUT2D eigenvalue weighted by atomic mass is 32.1. The summed E-state index contributed by atoms with van der Waals surface area (Å²) < 4.78 is 5.58. The Morgan fingerprint density at radius 3 is 2.80 bits per heavy atom. The number of carbonyl (C=O) groups is 2. The largest absolute Gasteiger partial charge is 0.444 e. The van der Waals surface area contributed by atoms with E-state index < -0.39 is 5.60 Å². The average Bonchev–Trinajstić information content (AvgIpc) is 3.35.